The van der Waals surface area contributed by atoms with Gasteiger partial charge in [0.15, 0.2) is 0 Å². The summed E-state index contributed by atoms with van der Waals surface area (Å²) in [5.74, 6) is -1.53. The first-order chi connectivity index (χ1) is 13.8. The van der Waals surface area contributed by atoms with Gasteiger partial charge in [-0.3, -0.25) is 9.48 Å². The van der Waals surface area contributed by atoms with Gasteiger partial charge in [-0.15, -0.1) is 11.3 Å². The molecule has 0 aromatic carbocycles. The maximum Gasteiger partial charge on any atom is 0.348 e. The van der Waals surface area contributed by atoms with Crippen LogP contribution in [0.5, 0.6) is 0 Å². The first kappa shape index (κ1) is 22.9. The summed E-state index contributed by atoms with van der Waals surface area (Å²) >= 11 is 6.89. The van der Waals surface area contributed by atoms with Crippen molar-refractivity contribution in [2.24, 2.45) is 0 Å². The van der Waals surface area contributed by atoms with Crippen LogP contribution >= 0.6 is 22.9 Å². The molecule has 0 saturated heterocycles. The number of carbonyl (C=O) groups is 3. The number of hydrogen-bond acceptors (Lipinski definition) is 7. The molecule has 29 heavy (non-hydrogen) atoms. The third-order valence-electron chi connectivity index (χ3n) is 4.06. The van der Waals surface area contributed by atoms with E-state index in [1.54, 1.807) is 20.0 Å². The van der Waals surface area contributed by atoms with E-state index in [1.165, 1.54) is 10.9 Å². The highest BCUT2D eigenvalue weighted by molar-refractivity contribution is 7.18. The molecule has 2 rings (SSSR count). The van der Waals surface area contributed by atoms with Crippen LogP contribution in [0.15, 0.2) is 12.4 Å². The van der Waals surface area contributed by atoms with Crippen molar-refractivity contribution in [3.63, 3.8) is 0 Å². The van der Waals surface area contributed by atoms with E-state index in [9.17, 15) is 14.4 Å². The molecule has 1 atom stereocenters. The zero-order valence-corrected chi connectivity index (χ0v) is 18.4. The van der Waals surface area contributed by atoms with Gasteiger partial charge in [0, 0.05) is 6.20 Å². The van der Waals surface area contributed by atoms with Crippen LogP contribution in [0.1, 0.15) is 65.2 Å². The summed E-state index contributed by atoms with van der Waals surface area (Å²) in [6, 6.07) is -0.629. The fourth-order valence-electron chi connectivity index (χ4n) is 2.68. The Morgan fingerprint density at radius 3 is 2.52 bits per heavy atom. The topological polar surface area (TPSA) is 99.5 Å². The number of aromatic nitrogens is 2. The van der Waals surface area contributed by atoms with E-state index in [4.69, 9.17) is 21.1 Å². The van der Waals surface area contributed by atoms with Gasteiger partial charge in [0.05, 0.1) is 30.0 Å². The maximum absolute atomic E-state index is 12.9. The summed E-state index contributed by atoms with van der Waals surface area (Å²) in [5.41, 5.74) is 0.577. The van der Waals surface area contributed by atoms with Crippen molar-refractivity contribution in [2.45, 2.75) is 46.6 Å². The van der Waals surface area contributed by atoms with Crippen LogP contribution in [-0.2, 0) is 14.3 Å². The second-order valence-electron chi connectivity index (χ2n) is 6.17. The van der Waals surface area contributed by atoms with Crippen molar-refractivity contribution in [3.05, 3.63) is 33.4 Å². The predicted octanol–water partition coefficient (Wildman–Crippen LogP) is 4.24. The molecule has 2 aromatic rings. The molecule has 158 valence electrons. The molecular formula is C19H24ClN3O5S. The number of amides is 1. The largest absolute Gasteiger partial charge is 0.462 e. The van der Waals surface area contributed by atoms with Crippen LogP contribution in [0.3, 0.4) is 0 Å². The van der Waals surface area contributed by atoms with Crippen molar-refractivity contribution in [2.75, 3.05) is 18.5 Å². The second-order valence-corrected chi connectivity index (χ2v) is 7.63. The summed E-state index contributed by atoms with van der Waals surface area (Å²) in [4.78, 5) is 38.0. The number of nitrogens with one attached hydrogen (secondary N) is 1. The van der Waals surface area contributed by atoms with Crippen molar-refractivity contribution in [3.8, 4) is 0 Å². The third kappa shape index (κ3) is 5.36. The quantitative estimate of drug-likeness (QED) is 0.584. The fraction of sp³-hybridized carbons (Fsp3) is 0.474. The lowest BCUT2D eigenvalue weighted by molar-refractivity contribution is -0.119. The van der Waals surface area contributed by atoms with E-state index in [2.05, 4.69) is 10.4 Å². The summed E-state index contributed by atoms with van der Waals surface area (Å²) in [7, 11) is 0. The molecule has 0 radical (unpaired) electrons. The monoisotopic (exact) mass is 441 g/mol. The Balaban J connectivity index is 2.38. The van der Waals surface area contributed by atoms with Gasteiger partial charge >= 0.3 is 11.9 Å². The Morgan fingerprint density at radius 2 is 1.97 bits per heavy atom. The molecular weight excluding hydrogens is 418 g/mol. The summed E-state index contributed by atoms with van der Waals surface area (Å²) in [6.07, 6.45) is 4.10. The molecule has 2 aromatic heterocycles. The van der Waals surface area contributed by atoms with Crippen molar-refractivity contribution in [1.82, 2.24) is 9.78 Å². The first-order valence-electron chi connectivity index (χ1n) is 9.32. The number of carbonyl (C=O) groups excluding carboxylic acids is 3. The third-order valence-corrected chi connectivity index (χ3v) is 5.45. The second kappa shape index (κ2) is 10.4. The predicted molar refractivity (Wildman–Crippen MR) is 111 cm³/mol. The van der Waals surface area contributed by atoms with Crippen molar-refractivity contribution < 1.29 is 23.9 Å². The highest BCUT2D eigenvalue weighted by Gasteiger charge is 2.29. The number of anilines is 1. The molecule has 0 aliphatic rings. The van der Waals surface area contributed by atoms with Crippen LogP contribution in [0.4, 0.5) is 5.00 Å². The number of hydrogen-bond donors (Lipinski definition) is 1. The SMILES string of the molecule is CCCOC(=O)c1c(NC(=O)C(CC)n2cc(Cl)cn2)sc(C(=O)OCC)c1C. The van der Waals surface area contributed by atoms with Gasteiger partial charge in [-0.2, -0.15) is 5.10 Å². The molecule has 2 heterocycles. The van der Waals surface area contributed by atoms with Crippen LogP contribution in [0.25, 0.3) is 0 Å². The fourth-order valence-corrected chi connectivity index (χ4v) is 3.91. The zero-order valence-electron chi connectivity index (χ0n) is 16.8. The van der Waals surface area contributed by atoms with E-state index in [-0.39, 0.29) is 34.6 Å². The van der Waals surface area contributed by atoms with Gasteiger partial charge in [-0.05, 0) is 32.3 Å². The minimum atomic E-state index is -0.629. The lowest BCUT2D eigenvalue weighted by atomic mass is 10.1. The molecule has 1 unspecified atom stereocenters. The van der Waals surface area contributed by atoms with Crippen molar-refractivity contribution >= 4 is 45.8 Å². The van der Waals surface area contributed by atoms with Gasteiger partial charge < -0.3 is 14.8 Å². The summed E-state index contributed by atoms with van der Waals surface area (Å²) in [6.45, 7) is 7.47. The Kier molecular flexibility index (Phi) is 8.21. The lowest BCUT2D eigenvalue weighted by Crippen LogP contribution is -2.26. The maximum atomic E-state index is 12.9. The Labute approximate surface area is 178 Å². The number of esters is 2. The van der Waals surface area contributed by atoms with E-state index >= 15 is 0 Å². The van der Waals surface area contributed by atoms with Gasteiger partial charge in [0.2, 0.25) is 5.91 Å². The number of ether oxygens (including phenoxy) is 2. The van der Waals surface area contributed by atoms with E-state index < -0.39 is 18.0 Å². The molecule has 0 saturated carbocycles. The molecule has 0 fully saturated rings. The molecule has 8 nitrogen and oxygen atoms in total. The highest BCUT2D eigenvalue weighted by atomic mass is 35.5. The van der Waals surface area contributed by atoms with Gasteiger partial charge in [0.1, 0.15) is 15.9 Å². The van der Waals surface area contributed by atoms with Crippen molar-refractivity contribution in [1.29, 1.82) is 0 Å². The lowest BCUT2D eigenvalue weighted by Gasteiger charge is -2.15. The number of thiophene rings is 1. The molecule has 0 spiro atoms. The molecule has 0 aliphatic carbocycles. The van der Waals surface area contributed by atoms with Crippen LogP contribution in [0, 0.1) is 6.92 Å². The van der Waals surface area contributed by atoms with Crippen LogP contribution < -0.4 is 5.32 Å². The van der Waals surface area contributed by atoms with E-state index in [0.29, 0.717) is 23.4 Å². The number of halogens is 1. The first-order valence-corrected chi connectivity index (χ1v) is 10.5. The average Bonchev–Trinajstić information content (AvgIpc) is 3.24. The molecule has 1 amide bonds. The molecule has 1 N–H and O–H groups in total. The number of rotatable bonds is 9. The Bertz CT molecular complexity index is 893. The van der Waals surface area contributed by atoms with Crippen LogP contribution in [0.2, 0.25) is 5.02 Å². The smallest absolute Gasteiger partial charge is 0.348 e. The van der Waals surface area contributed by atoms with Crippen LogP contribution in [-0.4, -0.2) is 40.8 Å². The standard InChI is InChI=1S/C19H24ClN3O5S/c1-5-8-28-18(25)14-11(4)15(19(26)27-7-3)29-17(14)22-16(24)13(6-2)23-10-12(20)9-21-23/h9-10,13H,5-8H2,1-4H3,(H,22,24). The molecule has 0 aliphatic heterocycles. The normalized spacial score (nSPS) is 11.8. The highest BCUT2D eigenvalue weighted by Crippen LogP contribution is 2.35. The zero-order chi connectivity index (χ0) is 21.6. The Hall–Kier alpha value is -2.39. The Morgan fingerprint density at radius 1 is 1.24 bits per heavy atom. The summed E-state index contributed by atoms with van der Waals surface area (Å²) in [5, 5.41) is 7.49. The van der Waals surface area contributed by atoms with E-state index in [1.807, 2.05) is 13.8 Å². The number of nitrogens with zero attached hydrogens (tertiary/aromatic N) is 2. The molecule has 10 heteroatoms. The average molecular weight is 442 g/mol. The minimum Gasteiger partial charge on any atom is -0.462 e. The van der Waals surface area contributed by atoms with Gasteiger partial charge in [0.25, 0.3) is 0 Å². The van der Waals surface area contributed by atoms with E-state index in [0.717, 1.165) is 11.3 Å². The minimum absolute atomic E-state index is 0.160. The van der Waals surface area contributed by atoms with Gasteiger partial charge in [-0.1, -0.05) is 25.4 Å². The summed E-state index contributed by atoms with van der Waals surface area (Å²) < 4.78 is 11.8. The van der Waals surface area contributed by atoms with Gasteiger partial charge in [-0.25, -0.2) is 9.59 Å². The molecule has 0 bridgehead atoms.